The molecule has 0 aliphatic heterocycles. The normalized spacial score (nSPS) is 12.3. The fraction of sp³-hybridized carbons (Fsp3) is 0.333. The summed E-state index contributed by atoms with van der Waals surface area (Å²) in [5, 5.41) is 3.50. The maximum atomic E-state index is 13.2. The van der Waals surface area contributed by atoms with E-state index in [4.69, 9.17) is 0 Å². The van der Waals surface area contributed by atoms with E-state index < -0.39 is 0 Å². The number of hydrogen-bond donors (Lipinski definition) is 1. The molecule has 0 bridgehead atoms. The van der Waals surface area contributed by atoms with Gasteiger partial charge in [0.25, 0.3) is 0 Å². The summed E-state index contributed by atoms with van der Waals surface area (Å²) in [6.07, 6.45) is 2.08. The highest BCUT2D eigenvalue weighted by atomic mass is 19.1. The SMILES string of the molecule is CCc1ccc(C(CC)NCc2cccc(F)c2)cc1. The molecule has 0 saturated carbocycles. The van der Waals surface area contributed by atoms with Crippen molar-refractivity contribution in [1.29, 1.82) is 0 Å². The third-order valence-electron chi connectivity index (χ3n) is 3.64. The molecule has 0 spiro atoms. The van der Waals surface area contributed by atoms with E-state index in [-0.39, 0.29) is 5.82 Å². The van der Waals surface area contributed by atoms with Crippen LogP contribution >= 0.6 is 0 Å². The maximum Gasteiger partial charge on any atom is 0.123 e. The summed E-state index contributed by atoms with van der Waals surface area (Å²) in [6.45, 7) is 5.01. The quantitative estimate of drug-likeness (QED) is 0.807. The first-order valence-electron chi connectivity index (χ1n) is 7.29. The molecule has 20 heavy (non-hydrogen) atoms. The number of halogens is 1. The van der Waals surface area contributed by atoms with Crippen LogP contribution in [0.25, 0.3) is 0 Å². The average Bonchev–Trinajstić information content (AvgIpc) is 2.48. The maximum absolute atomic E-state index is 13.2. The Morgan fingerprint density at radius 1 is 1.00 bits per heavy atom. The van der Waals surface area contributed by atoms with Crippen LogP contribution in [0.15, 0.2) is 48.5 Å². The first-order valence-corrected chi connectivity index (χ1v) is 7.29. The van der Waals surface area contributed by atoms with Gasteiger partial charge in [-0.1, -0.05) is 50.2 Å². The molecule has 1 unspecified atom stereocenters. The van der Waals surface area contributed by atoms with E-state index in [1.807, 2.05) is 6.07 Å². The Bertz CT molecular complexity index is 533. The van der Waals surface area contributed by atoms with Gasteiger partial charge in [0.15, 0.2) is 0 Å². The third-order valence-corrected chi connectivity index (χ3v) is 3.64. The van der Waals surface area contributed by atoms with E-state index in [2.05, 4.69) is 43.4 Å². The minimum Gasteiger partial charge on any atom is -0.306 e. The number of aryl methyl sites for hydroxylation is 1. The van der Waals surface area contributed by atoms with E-state index in [0.717, 1.165) is 18.4 Å². The van der Waals surface area contributed by atoms with E-state index in [0.29, 0.717) is 12.6 Å². The predicted molar refractivity (Wildman–Crippen MR) is 82.1 cm³/mol. The molecule has 0 radical (unpaired) electrons. The monoisotopic (exact) mass is 271 g/mol. The van der Waals surface area contributed by atoms with Crippen molar-refractivity contribution in [1.82, 2.24) is 5.32 Å². The summed E-state index contributed by atoms with van der Waals surface area (Å²) in [4.78, 5) is 0. The summed E-state index contributed by atoms with van der Waals surface area (Å²) >= 11 is 0. The fourth-order valence-corrected chi connectivity index (χ4v) is 2.37. The molecule has 1 nitrogen and oxygen atoms in total. The zero-order valence-electron chi connectivity index (χ0n) is 12.2. The van der Waals surface area contributed by atoms with Crippen molar-refractivity contribution in [2.24, 2.45) is 0 Å². The third kappa shape index (κ3) is 3.91. The van der Waals surface area contributed by atoms with Crippen LogP contribution in [0.5, 0.6) is 0 Å². The molecule has 0 saturated heterocycles. The van der Waals surface area contributed by atoms with Gasteiger partial charge < -0.3 is 5.32 Å². The van der Waals surface area contributed by atoms with Crippen LogP contribution in [0.2, 0.25) is 0 Å². The first-order chi connectivity index (χ1) is 9.72. The zero-order valence-corrected chi connectivity index (χ0v) is 12.2. The molecule has 0 aromatic heterocycles. The van der Waals surface area contributed by atoms with Gasteiger partial charge in [0.2, 0.25) is 0 Å². The van der Waals surface area contributed by atoms with Crippen molar-refractivity contribution in [3.05, 3.63) is 71.0 Å². The summed E-state index contributed by atoms with van der Waals surface area (Å²) < 4.78 is 13.2. The molecule has 2 rings (SSSR count). The summed E-state index contributed by atoms with van der Waals surface area (Å²) in [5.74, 6) is -0.176. The number of rotatable bonds is 6. The number of benzene rings is 2. The Morgan fingerprint density at radius 3 is 2.35 bits per heavy atom. The Morgan fingerprint density at radius 2 is 1.75 bits per heavy atom. The molecule has 2 aromatic rings. The van der Waals surface area contributed by atoms with Gasteiger partial charge in [-0.15, -0.1) is 0 Å². The van der Waals surface area contributed by atoms with Crippen molar-refractivity contribution >= 4 is 0 Å². The van der Waals surface area contributed by atoms with Gasteiger partial charge in [0.05, 0.1) is 0 Å². The van der Waals surface area contributed by atoms with Crippen molar-refractivity contribution in [2.75, 3.05) is 0 Å². The number of nitrogens with one attached hydrogen (secondary N) is 1. The minimum absolute atomic E-state index is 0.176. The molecule has 0 heterocycles. The van der Waals surface area contributed by atoms with Crippen LogP contribution in [0.1, 0.15) is 43.0 Å². The van der Waals surface area contributed by atoms with Crippen molar-refractivity contribution in [3.8, 4) is 0 Å². The smallest absolute Gasteiger partial charge is 0.123 e. The van der Waals surface area contributed by atoms with Gasteiger partial charge in [-0.05, 0) is 41.7 Å². The molecule has 0 amide bonds. The summed E-state index contributed by atoms with van der Waals surface area (Å²) in [7, 11) is 0. The Labute approximate surface area is 120 Å². The molecular formula is C18H22FN. The van der Waals surface area contributed by atoms with Crippen molar-refractivity contribution in [2.45, 2.75) is 39.3 Å². The molecule has 2 aromatic carbocycles. The highest BCUT2D eigenvalue weighted by Crippen LogP contribution is 2.18. The molecule has 106 valence electrons. The Balaban J connectivity index is 2.01. The Kier molecular flexibility index (Phi) is 5.31. The van der Waals surface area contributed by atoms with E-state index in [1.54, 1.807) is 12.1 Å². The van der Waals surface area contributed by atoms with Crippen LogP contribution in [0.4, 0.5) is 4.39 Å². The highest BCUT2D eigenvalue weighted by molar-refractivity contribution is 5.25. The van der Waals surface area contributed by atoms with Gasteiger partial charge in [0, 0.05) is 12.6 Å². The molecule has 2 heteroatoms. The number of hydrogen-bond acceptors (Lipinski definition) is 1. The second-order valence-corrected chi connectivity index (χ2v) is 5.07. The molecular weight excluding hydrogens is 249 g/mol. The molecule has 0 fully saturated rings. The van der Waals surface area contributed by atoms with Gasteiger partial charge in [-0.2, -0.15) is 0 Å². The van der Waals surface area contributed by atoms with Crippen molar-refractivity contribution in [3.63, 3.8) is 0 Å². The van der Waals surface area contributed by atoms with Gasteiger partial charge in [-0.25, -0.2) is 4.39 Å². The lowest BCUT2D eigenvalue weighted by molar-refractivity contribution is 0.517. The van der Waals surface area contributed by atoms with Gasteiger partial charge in [0.1, 0.15) is 5.82 Å². The summed E-state index contributed by atoms with van der Waals surface area (Å²) in [6, 6.07) is 15.8. The minimum atomic E-state index is -0.176. The van der Waals surface area contributed by atoms with E-state index >= 15 is 0 Å². The van der Waals surface area contributed by atoms with Gasteiger partial charge >= 0.3 is 0 Å². The van der Waals surface area contributed by atoms with Crippen LogP contribution in [0, 0.1) is 5.82 Å². The summed E-state index contributed by atoms with van der Waals surface area (Å²) in [5.41, 5.74) is 3.63. The standard InChI is InChI=1S/C18H22FN/c1-3-14-8-10-16(11-9-14)18(4-2)20-13-15-6-5-7-17(19)12-15/h5-12,18,20H,3-4,13H2,1-2H3. The topological polar surface area (TPSA) is 12.0 Å². The zero-order chi connectivity index (χ0) is 14.4. The van der Waals surface area contributed by atoms with E-state index in [9.17, 15) is 4.39 Å². The van der Waals surface area contributed by atoms with Gasteiger partial charge in [-0.3, -0.25) is 0 Å². The fourth-order valence-electron chi connectivity index (χ4n) is 2.37. The van der Waals surface area contributed by atoms with Crippen LogP contribution < -0.4 is 5.32 Å². The second kappa shape index (κ2) is 7.20. The van der Waals surface area contributed by atoms with Crippen LogP contribution in [-0.2, 0) is 13.0 Å². The lowest BCUT2D eigenvalue weighted by atomic mass is 10.0. The van der Waals surface area contributed by atoms with Crippen LogP contribution in [-0.4, -0.2) is 0 Å². The predicted octanol–water partition coefficient (Wildman–Crippen LogP) is 4.63. The molecule has 0 aliphatic carbocycles. The van der Waals surface area contributed by atoms with Crippen LogP contribution in [0.3, 0.4) is 0 Å². The Hall–Kier alpha value is -1.67. The average molecular weight is 271 g/mol. The second-order valence-electron chi connectivity index (χ2n) is 5.07. The van der Waals surface area contributed by atoms with E-state index in [1.165, 1.54) is 17.2 Å². The lowest BCUT2D eigenvalue weighted by Crippen LogP contribution is -2.20. The highest BCUT2D eigenvalue weighted by Gasteiger charge is 2.08. The first kappa shape index (κ1) is 14.7. The lowest BCUT2D eigenvalue weighted by Gasteiger charge is -2.18. The molecule has 0 aliphatic rings. The molecule has 1 N–H and O–H groups in total. The molecule has 1 atom stereocenters. The largest absolute Gasteiger partial charge is 0.306 e. The van der Waals surface area contributed by atoms with Crippen molar-refractivity contribution < 1.29 is 4.39 Å².